The summed E-state index contributed by atoms with van der Waals surface area (Å²) < 4.78 is 0. The first-order valence-electron chi connectivity index (χ1n) is 8.87. The Balaban J connectivity index is 1.74. The average molecular weight is 342 g/mol. The van der Waals surface area contributed by atoms with E-state index < -0.39 is 0 Å². The van der Waals surface area contributed by atoms with Gasteiger partial charge in [-0.25, -0.2) is 0 Å². The highest BCUT2D eigenvalue weighted by Gasteiger charge is 2.15. The lowest BCUT2D eigenvalue weighted by atomic mass is 9.96. The SMILES string of the molecule is ClC1C=C(c2cc(NC3CCNCC3)c3c(c2)=CCNC=3)C=CC1. The van der Waals surface area contributed by atoms with E-state index in [2.05, 4.69) is 58.6 Å². The number of fused-ring (bicyclic) bond motifs is 1. The Kier molecular flexibility index (Phi) is 4.63. The molecule has 0 bridgehead atoms. The fourth-order valence-corrected chi connectivity index (χ4v) is 3.88. The predicted octanol–water partition coefficient (Wildman–Crippen LogP) is 1.92. The number of alkyl halides is 1. The van der Waals surface area contributed by atoms with Gasteiger partial charge < -0.3 is 16.0 Å². The van der Waals surface area contributed by atoms with Gasteiger partial charge in [0.25, 0.3) is 0 Å². The number of hydrogen-bond donors (Lipinski definition) is 3. The molecule has 3 N–H and O–H groups in total. The van der Waals surface area contributed by atoms with Gasteiger partial charge in [0.2, 0.25) is 0 Å². The molecule has 0 radical (unpaired) electrons. The van der Waals surface area contributed by atoms with Crippen molar-refractivity contribution in [2.75, 3.05) is 25.0 Å². The van der Waals surface area contributed by atoms with Crippen LogP contribution >= 0.6 is 11.6 Å². The summed E-state index contributed by atoms with van der Waals surface area (Å²) in [6.45, 7) is 3.07. The lowest BCUT2D eigenvalue weighted by molar-refractivity contribution is 0.479. The van der Waals surface area contributed by atoms with Crippen molar-refractivity contribution in [3.63, 3.8) is 0 Å². The summed E-state index contributed by atoms with van der Waals surface area (Å²) in [5, 5.41) is 13.2. The lowest BCUT2D eigenvalue weighted by Gasteiger charge is -2.26. The monoisotopic (exact) mass is 341 g/mol. The molecule has 1 atom stereocenters. The Morgan fingerprint density at radius 3 is 2.88 bits per heavy atom. The fraction of sp³-hybridized carbons (Fsp3) is 0.400. The molecule has 0 spiro atoms. The van der Waals surface area contributed by atoms with Gasteiger partial charge in [-0.05, 0) is 60.8 Å². The highest BCUT2D eigenvalue weighted by atomic mass is 35.5. The molecule has 0 amide bonds. The topological polar surface area (TPSA) is 36.1 Å². The van der Waals surface area contributed by atoms with Gasteiger partial charge in [-0.1, -0.05) is 24.3 Å². The van der Waals surface area contributed by atoms with Crippen LogP contribution in [0.15, 0.2) is 30.4 Å². The Hall–Kier alpha value is -1.71. The van der Waals surface area contributed by atoms with Crippen molar-refractivity contribution in [3.8, 4) is 0 Å². The van der Waals surface area contributed by atoms with Gasteiger partial charge >= 0.3 is 0 Å². The highest BCUT2D eigenvalue weighted by Crippen LogP contribution is 2.24. The molecule has 0 aromatic heterocycles. The fourth-order valence-electron chi connectivity index (χ4n) is 3.64. The van der Waals surface area contributed by atoms with Crippen LogP contribution < -0.4 is 26.4 Å². The van der Waals surface area contributed by atoms with Crippen LogP contribution in [-0.2, 0) is 0 Å². The standard InChI is InChI=1S/C20H24ClN3/c21-17-3-1-2-14(11-17)16-10-15-4-7-23-13-19(15)20(12-16)24-18-5-8-22-9-6-18/h1-2,4,10-13,17-18,22-24H,3,5-9H2. The predicted molar refractivity (Wildman–Crippen MR) is 104 cm³/mol. The molecule has 1 fully saturated rings. The van der Waals surface area contributed by atoms with Crippen molar-refractivity contribution in [1.29, 1.82) is 0 Å². The summed E-state index contributed by atoms with van der Waals surface area (Å²) in [4.78, 5) is 0. The molecule has 1 unspecified atom stereocenters. The van der Waals surface area contributed by atoms with E-state index in [1.807, 2.05) is 0 Å². The van der Waals surface area contributed by atoms with E-state index in [-0.39, 0.29) is 5.38 Å². The molecule has 3 nitrogen and oxygen atoms in total. The summed E-state index contributed by atoms with van der Waals surface area (Å²) in [5.41, 5.74) is 3.70. The second kappa shape index (κ2) is 7.04. The van der Waals surface area contributed by atoms with E-state index in [4.69, 9.17) is 11.6 Å². The molecule has 1 aromatic rings. The van der Waals surface area contributed by atoms with Gasteiger partial charge in [-0.3, -0.25) is 0 Å². The van der Waals surface area contributed by atoms with Gasteiger partial charge in [-0.15, -0.1) is 11.6 Å². The van der Waals surface area contributed by atoms with Crippen LogP contribution in [-0.4, -0.2) is 31.1 Å². The first kappa shape index (κ1) is 15.8. The number of rotatable bonds is 3. The third-order valence-corrected chi connectivity index (χ3v) is 5.25. The van der Waals surface area contributed by atoms with Crippen LogP contribution in [0.4, 0.5) is 5.69 Å². The zero-order valence-electron chi connectivity index (χ0n) is 13.8. The molecule has 2 heterocycles. The summed E-state index contributed by atoms with van der Waals surface area (Å²) in [6, 6.07) is 5.10. The minimum absolute atomic E-state index is 0.0964. The van der Waals surface area contributed by atoms with Crippen LogP contribution in [0, 0.1) is 0 Å². The summed E-state index contributed by atoms with van der Waals surface area (Å²) >= 11 is 6.33. The number of allylic oxidation sites excluding steroid dienone is 4. The van der Waals surface area contributed by atoms with Crippen molar-refractivity contribution >= 4 is 35.1 Å². The largest absolute Gasteiger partial charge is 0.387 e. The van der Waals surface area contributed by atoms with E-state index in [0.717, 1.165) is 26.1 Å². The molecule has 4 heteroatoms. The van der Waals surface area contributed by atoms with Gasteiger partial charge in [-0.2, -0.15) is 0 Å². The highest BCUT2D eigenvalue weighted by molar-refractivity contribution is 6.22. The summed E-state index contributed by atoms with van der Waals surface area (Å²) in [6.07, 6.45) is 14.2. The molecule has 1 saturated heterocycles. The zero-order chi connectivity index (χ0) is 16.4. The third kappa shape index (κ3) is 3.38. The number of nitrogens with one attached hydrogen (secondary N) is 3. The molecule has 24 heavy (non-hydrogen) atoms. The van der Waals surface area contributed by atoms with Crippen LogP contribution in [0.2, 0.25) is 0 Å². The van der Waals surface area contributed by atoms with Gasteiger partial charge in [0.15, 0.2) is 0 Å². The zero-order valence-corrected chi connectivity index (χ0v) is 14.6. The van der Waals surface area contributed by atoms with Crippen LogP contribution in [0.5, 0.6) is 0 Å². The molecule has 2 aliphatic heterocycles. The summed E-state index contributed by atoms with van der Waals surface area (Å²) in [5.74, 6) is 0. The minimum Gasteiger partial charge on any atom is -0.387 e. The maximum Gasteiger partial charge on any atom is 0.0559 e. The summed E-state index contributed by atoms with van der Waals surface area (Å²) in [7, 11) is 0. The Bertz CT molecular complexity index is 788. The number of benzene rings is 1. The lowest BCUT2D eigenvalue weighted by Crippen LogP contribution is -2.40. The van der Waals surface area contributed by atoms with E-state index in [1.165, 1.54) is 40.1 Å². The van der Waals surface area contributed by atoms with Crippen LogP contribution in [0.1, 0.15) is 24.8 Å². The minimum atomic E-state index is 0.0964. The molecular formula is C20H24ClN3. The molecular weight excluding hydrogens is 318 g/mol. The molecule has 3 aliphatic rings. The van der Waals surface area contributed by atoms with Crippen molar-refractivity contribution < 1.29 is 0 Å². The Morgan fingerprint density at radius 2 is 2.04 bits per heavy atom. The second-order valence-corrected chi connectivity index (χ2v) is 7.29. The number of hydrogen-bond acceptors (Lipinski definition) is 3. The quantitative estimate of drug-likeness (QED) is 0.735. The molecule has 1 aromatic carbocycles. The van der Waals surface area contributed by atoms with Crippen molar-refractivity contribution in [2.45, 2.75) is 30.7 Å². The third-order valence-electron chi connectivity index (χ3n) is 4.95. The Labute approximate surface area is 148 Å². The molecule has 4 rings (SSSR count). The average Bonchev–Trinajstić information content (AvgIpc) is 2.62. The normalized spacial score (nSPS) is 23.4. The maximum atomic E-state index is 6.33. The number of anilines is 1. The second-order valence-electron chi connectivity index (χ2n) is 6.73. The van der Waals surface area contributed by atoms with Gasteiger partial charge in [0, 0.05) is 29.7 Å². The van der Waals surface area contributed by atoms with E-state index in [1.54, 1.807) is 0 Å². The van der Waals surface area contributed by atoms with Crippen molar-refractivity contribution in [1.82, 2.24) is 10.6 Å². The first-order valence-corrected chi connectivity index (χ1v) is 9.31. The number of piperidine rings is 1. The van der Waals surface area contributed by atoms with Crippen molar-refractivity contribution in [3.05, 3.63) is 46.4 Å². The Morgan fingerprint density at radius 1 is 1.17 bits per heavy atom. The smallest absolute Gasteiger partial charge is 0.0559 e. The van der Waals surface area contributed by atoms with Crippen molar-refractivity contribution in [2.24, 2.45) is 0 Å². The van der Waals surface area contributed by atoms with E-state index >= 15 is 0 Å². The maximum absolute atomic E-state index is 6.33. The van der Waals surface area contributed by atoms with E-state index in [9.17, 15) is 0 Å². The first-order chi connectivity index (χ1) is 11.8. The molecule has 126 valence electrons. The van der Waals surface area contributed by atoms with Gasteiger partial charge in [0.05, 0.1) is 5.38 Å². The van der Waals surface area contributed by atoms with Crippen LogP contribution in [0.25, 0.3) is 17.8 Å². The van der Waals surface area contributed by atoms with Gasteiger partial charge in [0.1, 0.15) is 0 Å². The molecule has 1 aliphatic carbocycles. The van der Waals surface area contributed by atoms with E-state index in [0.29, 0.717) is 6.04 Å². The number of halogens is 1. The molecule has 0 saturated carbocycles. The van der Waals surface area contributed by atoms with Crippen LogP contribution in [0.3, 0.4) is 0 Å².